The van der Waals surface area contributed by atoms with Crippen molar-refractivity contribution in [3.63, 3.8) is 0 Å². The van der Waals surface area contributed by atoms with E-state index in [0.29, 0.717) is 48.7 Å². The van der Waals surface area contributed by atoms with Crippen molar-refractivity contribution in [2.75, 3.05) is 18.4 Å². The zero-order valence-electron chi connectivity index (χ0n) is 20.5. The lowest BCUT2D eigenvalue weighted by Gasteiger charge is -2.32. The molecule has 12 heteroatoms. The first-order valence-corrected chi connectivity index (χ1v) is 11.8. The fraction of sp³-hybridized carbons (Fsp3) is 0.308. The lowest BCUT2D eigenvalue weighted by atomic mass is 9.90. The van der Waals surface area contributed by atoms with E-state index in [1.165, 1.54) is 23.1 Å². The minimum absolute atomic E-state index is 0.0700. The van der Waals surface area contributed by atoms with Crippen LogP contribution in [-0.4, -0.2) is 39.7 Å². The van der Waals surface area contributed by atoms with E-state index >= 15 is 0 Å². The summed E-state index contributed by atoms with van der Waals surface area (Å²) in [6.45, 7) is 3.99. The molecule has 2 heterocycles. The highest BCUT2D eigenvalue weighted by atomic mass is 19.4. The molecule has 4 rings (SSSR count). The molecule has 1 saturated heterocycles. The molecule has 1 aliphatic rings. The van der Waals surface area contributed by atoms with Crippen molar-refractivity contribution < 1.29 is 31.6 Å². The molecule has 1 fully saturated rings. The molecule has 1 aromatic heterocycles. The zero-order chi connectivity index (χ0) is 27.4. The van der Waals surface area contributed by atoms with Crippen molar-refractivity contribution in [1.82, 2.24) is 14.9 Å². The molecule has 0 atom stereocenters. The van der Waals surface area contributed by atoms with Gasteiger partial charge in [0, 0.05) is 30.8 Å². The molecule has 3 aromatic rings. The smallest absolute Gasteiger partial charge is 0.357 e. The molecule has 0 radical (unpaired) electrons. The van der Waals surface area contributed by atoms with Crippen LogP contribution in [0, 0.1) is 18.6 Å². The van der Waals surface area contributed by atoms with Gasteiger partial charge in [0.05, 0.1) is 17.0 Å². The summed E-state index contributed by atoms with van der Waals surface area (Å²) in [7, 11) is 0. The highest BCUT2D eigenvalue weighted by Crippen LogP contribution is 2.32. The number of carbonyl (C=O) groups excluding carboxylic acids is 1. The summed E-state index contributed by atoms with van der Waals surface area (Å²) in [6.07, 6.45) is -1.91. The topological polar surface area (TPSA) is 79.7 Å². The number of halogens is 5. The first-order chi connectivity index (χ1) is 18.0. The summed E-state index contributed by atoms with van der Waals surface area (Å²) in [4.78, 5) is 28.1. The summed E-state index contributed by atoms with van der Waals surface area (Å²) >= 11 is 0. The van der Waals surface area contributed by atoms with Crippen LogP contribution in [0.1, 0.15) is 48.3 Å². The van der Waals surface area contributed by atoms with Gasteiger partial charge in [-0.3, -0.25) is 0 Å². The molecule has 0 spiro atoms. The lowest BCUT2D eigenvalue weighted by Crippen LogP contribution is -2.41. The van der Waals surface area contributed by atoms with Crippen molar-refractivity contribution in [3.05, 3.63) is 82.9 Å². The van der Waals surface area contributed by atoms with Gasteiger partial charge >= 0.3 is 12.2 Å². The average Bonchev–Trinajstić information content (AvgIpc) is 2.89. The van der Waals surface area contributed by atoms with Gasteiger partial charge in [-0.15, -0.1) is 0 Å². The van der Waals surface area contributed by atoms with Crippen LogP contribution in [0.15, 0.2) is 53.8 Å². The van der Waals surface area contributed by atoms with Gasteiger partial charge < -0.3 is 15.1 Å². The van der Waals surface area contributed by atoms with E-state index in [0.717, 1.165) is 24.3 Å². The molecule has 7 nitrogen and oxygen atoms in total. The maximum Gasteiger partial charge on any atom is 0.416 e. The molecular formula is C26H24F5N5O2. The normalized spacial score (nSPS) is 14.9. The van der Waals surface area contributed by atoms with Crippen molar-refractivity contribution in [3.8, 4) is 5.75 Å². The molecule has 2 aromatic carbocycles. The van der Waals surface area contributed by atoms with Crippen LogP contribution in [0.5, 0.6) is 5.75 Å². The van der Waals surface area contributed by atoms with Gasteiger partial charge in [0.1, 0.15) is 23.1 Å². The van der Waals surface area contributed by atoms with Gasteiger partial charge in [-0.2, -0.15) is 13.2 Å². The minimum atomic E-state index is -4.51. The molecule has 0 saturated carbocycles. The molecular weight excluding hydrogens is 509 g/mol. The largest absolute Gasteiger partial charge is 0.416 e. The van der Waals surface area contributed by atoms with Gasteiger partial charge in [-0.25, -0.2) is 23.5 Å². The Bertz CT molecular complexity index is 1330. The second kappa shape index (κ2) is 11.1. The molecule has 38 heavy (non-hydrogen) atoms. The Hall–Kier alpha value is -4.09. The van der Waals surface area contributed by atoms with Crippen molar-refractivity contribution in [2.24, 2.45) is 5.16 Å². The maximum atomic E-state index is 13.9. The van der Waals surface area contributed by atoms with Crippen molar-refractivity contribution in [1.29, 1.82) is 0 Å². The van der Waals surface area contributed by atoms with E-state index < -0.39 is 35.1 Å². The van der Waals surface area contributed by atoms with Gasteiger partial charge in [0.25, 0.3) is 0 Å². The van der Waals surface area contributed by atoms with Crippen LogP contribution >= 0.6 is 0 Å². The van der Waals surface area contributed by atoms with Crippen molar-refractivity contribution in [2.45, 2.75) is 38.8 Å². The highest BCUT2D eigenvalue weighted by molar-refractivity contribution is 5.99. The van der Waals surface area contributed by atoms with E-state index in [2.05, 4.69) is 20.4 Å². The number of aromatic nitrogens is 2. The van der Waals surface area contributed by atoms with Gasteiger partial charge in [0.15, 0.2) is 5.75 Å². The first-order valence-electron chi connectivity index (χ1n) is 11.8. The third kappa shape index (κ3) is 6.24. The Labute approximate surface area is 215 Å². The number of amides is 2. The second-order valence-corrected chi connectivity index (χ2v) is 8.80. The highest BCUT2D eigenvalue weighted by Gasteiger charge is 2.31. The number of anilines is 1. The number of rotatable bonds is 5. The number of likely N-dealkylation sites (tertiary alicyclic amines) is 1. The number of alkyl halides is 3. The number of aryl methyl sites for hydroxylation is 1. The Balaban J connectivity index is 1.46. The number of hydrogen-bond acceptors (Lipinski definition) is 5. The molecule has 0 bridgehead atoms. The number of nitrogens with zero attached hydrogens (tertiary/aromatic N) is 4. The minimum Gasteiger partial charge on any atom is -0.357 e. The molecule has 1 N–H and O–H groups in total. The number of urea groups is 1. The predicted octanol–water partition coefficient (Wildman–Crippen LogP) is 6.30. The quantitative estimate of drug-likeness (QED) is 0.237. The lowest BCUT2D eigenvalue weighted by molar-refractivity contribution is -0.137. The Kier molecular flexibility index (Phi) is 7.88. The molecule has 0 unspecified atom stereocenters. The summed E-state index contributed by atoms with van der Waals surface area (Å²) in [5.74, 6) is -1.36. The second-order valence-electron chi connectivity index (χ2n) is 8.80. The number of benzene rings is 2. The van der Waals surface area contributed by atoms with Crippen LogP contribution in [-0.2, 0) is 6.18 Å². The van der Waals surface area contributed by atoms with E-state index in [9.17, 15) is 26.7 Å². The van der Waals surface area contributed by atoms with E-state index in [-0.39, 0.29) is 11.7 Å². The van der Waals surface area contributed by atoms with E-state index in [4.69, 9.17) is 4.84 Å². The SMILES string of the molecule is C/C(=N\Oc1cccc(C(F)(F)F)c1)c1cnc(C)nc1C1CCN(C(=O)Nc2c(F)cccc2F)CC1. The van der Waals surface area contributed by atoms with Gasteiger partial charge in [-0.05, 0) is 57.0 Å². The third-order valence-electron chi connectivity index (χ3n) is 6.14. The summed E-state index contributed by atoms with van der Waals surface area (Å²) in [5, 5.41) is 6.30. The van der Waals surface area contributed by atoms with Crippen LogP contribution in [0.25, 0.3) is 0 Å². The number of para-hydroxylation sites is 1. The van der Waals surface area contributed by atoms with E-state index in [1.807, 2.05) is 0 Å². The van der Waals surface area contributed by atoms with E-state index in [1.54, 1.807) is 20.0 Å². The molecule has 2 amide bonds. The summed E-state index contributed by atoms with van der Waals surface area (Å²) in [5.41, 5.74) is 0.259. The number of piperidine rings is 1. The predicted molar refractivity (Wildman–Crippen MR) is 130 cm³/mol. The Morgan fingerprint density at radius 2 is 1.76 bits per heavy atom. The molecule has 1 aliphatic heterocycles. The summed E-state index contributed by atoms with van der Waals surface area (Å²) < 4.78 is 66.7. The standard InChI is InChI=1S/C26H24F5N5O2/c1-15(35-38-19-6-3-5-18(13-19)26(29,30)31)20-14-32-16(2)33-23(20)17-9-11-36(12-10-17)25(37)34-24-21(27)7-4-8-22(24)28/h3-8,13-14,17H,9-12H2,1-2H3,(H,34,37)/b35-15+. The maximum absolute atomic E-state index is 13.9. The van der Waals surface area contributed by atoms with Gasteiger partial charge in [-0.1, -0.05) is 17.3 Å². The Morgan fingerprint density at radius 3 is 2.42 bits per heavy atom. The van der Waals surface area contributed by atoms with Gasteiger partial charge in [0.2, 0.25) is 0 Å². The number of oxime groups is 1. The fourth-order valence-corrected chi connectivity index (χ4v) is 4.14. The zero-order valence-corrected chi connectivity index (χ0v) is 20.5. The van der Waals surface area contributed by atoms with Crippen LogP contribution < -0.4 is 10.2 Å². The van der Waals surface area contributed by atoms with Crippen LogP contribution in [0.4, 0.5) is 32.4 Å². The fourth-order valence-electron chi connectivity index (χ4n) is 4.14. The number of hydrogen-bond donors (Lipinski definition) is 1. The van der Waals surface area contributed by atoms with Crippen molar-refractivity contribution >= 4 is 17.4 Å². The molecule has 0 aliphatic carbocycles. The number of carbonyl (C=O) groups is 1. The summed E-state index contributed by atoms with van der Waals surface area (Å²) in [6, 6.07) is 7.11. The van der Waals surface area contributed by atoms with Crippen LogP contribution in [0.2, 0.25) is 0 Å². The average molecular weight is 534 g/mol. The first kappa shape index (κ1) is 27.0. The number of nitrogens with one attached hydrogen (secondary N) is 1. The molecule has 200 valence electrons. The third-order valence-corrected chi connectivity index (χ3v) is 6.14. The van der Waals surface area contributed by atoms with Crippen LogP contribution in [0.3, 0.4) is 0 Å². The monoisotopic (exact) mass is 533 g/mol. The Morgan fingerprint density at radius 1 is 1.11 bits per heavy atom.